The van der Waals surface area contributed by atoms with E-state index in [0.29, 0.717) is 0 Å². The van der Waals surface area contributed by atoms with Crippen molar-refractivity contribution < 1.29 is 0 Å². The van der Waals surface area contributed by atoms with E-state index in [0.717, 1.165) is 31.6 Å². The van der Waals surface area contributed by atoms with Crippen LogP contribution < -0.4 is 5.32 Å². The number of pyridine rings is 1. The Hall–Kier alpha value is -1.33. The van der Waals surface area contributed by atoms with Crippen molar-refractivity contribution in [2.75, 3.05) is 13.1 Å². The zero-order chi connectivity index (χ0) is 10.1. The summed E-state index contributed by atoms with van der Waals surface area (Å²) in [5.41, 5.74) is 1.14. The molecule has 0 atom stereocenters. The Bertz CT molecular complexity index is 295. The summed E-state index contributed by atoms with van der Waals surface area (Å²) in [6.07, 6.45) is 3.75. The van der Waals surface area contributed by atoms with Crippen molar-refractivity contribution in [2.45, 2.75) is 19.8 Å². The third kappa shape index (κ3) is 4.64. The lowest BCUT2D eigenvalue weighted by Crippen LogP contribution is -2.18. The van der Waals surface area contributed by atoms with Crippen molar-refractivity contribution in [3.63, 3.8) is 0 Å². The van der Waals surface area contributed by atoms with Gasteiger partial charge in [-0.3, -0.25) is 4.98 Å². The minimum atomic E-state index is 0.929. The highest BCUT2D eigenvalue weighted by Gasteiger charge is 1.91. The second-order valence-corrected chi connectivity index (χ2v) is 3.00. The van der Waals surface area contributed by atoms with E-state index in [2.05, 4.69) is 22.1 Å². The highest BCUT2D eigenvalue weighted by Crippen LogP contribution is 1.92. The van der Waals surface area contributed by atoms with Crippen molar-refractivity contribution in [2.24, 2.45) is 0 Å². The van der Waals surface area contributed by atoms with Crippen LogP contribution in [0.1, 0.15) is 19.0 Å². The van der Waals surface area contributed by atoms with Gasteiger partial charge in [-0.1, -0.05) is 6.07 Å². The summed E-state index contributed by atoms with van der Waals surface area (Å²) in [7, 11) is 0. The second kappa shape index (κ2) is 7.11. The molecule has 0 aliphatic rings. The molecule has 0 aromatic carbocycles. The van der Waals surface area contributed by atoms with Gasteiger partial charge in [0.2, 0.25) is 0 Å². The van der Waals surface area contributed by atoms with E-state index in [4.69, 9.17) is 0 Å². The van der Waals surface area contributed by atoms with Crippen LogP contribution in [0.25, 0.3) is 0 Å². The molecule has 0 fully saturated rings. The standard InChI is InChI=1S/C12H16N2/c1-2-3-5-9-13-11-8-12-7-4-6-10-14-12/h4,6-7,10,13H,5,8-9,11H2,1H3. The fourth-order valence-corrected chi connectivity index (χ4v) is 1.16. The zero-order valence-corrected chi connectivity index (χ0v) is 8.59. The highest BCUT2D eigenvalue weighted by atomic mass is 14.8. The van der Waals surface area contributed by atoms with Gasteiger partial charge in [0.15, 0.2) is 0 Å². The lowest BCUT2D eigenvalue weighted by molar-refractivity contribution is 0.687. The number of nitrogens with zero attached hydrogens (tertiary/aromatic N) is 1. The molecule has 0 saturated carbocycles. The Kier molecular flexibility index (Phi) is 5.46. The quantitative estimate of drug-likeness (QED) is 0.561. The van der Waals surface area contributed by atoms with E-state index in [-0.39, 0.29) is 0 Å². The lowest BCUT2D eigenvalue weighted by atomic mass is 10.3. The van der Waals surface area contributed by atoms with Gasteiger partial charge in [-0.15, -0.1) is 11.8 Å². The molecule has 0 unspecified atom stereocenters. The van der Waals surface area contributed by atoms with Crippen LogP contribution in [0, 0.1) is 11.8 Å². The number of rotatable bonds is 5. The van der Waals surface area contributed by atoms with Crippen LogP contribution in [0.15, 0.2) is 24.4 Å². The third-order valence-corrected chi connectivity index (χ3v) is 1.89. The normalized spacial score (nSPS) is 9.21. The van der Waals surface area contributed by atoms with E-state index < -0.39 is 0 Å². The summed E-state index contributed by atoms with van der Waals surface area (Å²) < 4.78 is 0. The molecule has 14 heavy (non-hydrogen) atoms. The Morgan fingerprint density at radius 2 is 2.29 bits per heavy atom. The zero-order valence-electron chi connectivity index (χ0n) is 8.59. The van der Waals surface area contributed by atoms with Crippen LogP contribution in [0.5, 0.6) is 0 Å². The van der Waals surface area contributed by atoms with Crippen molar-refractivity contribution in [3.8, 4) is 11.8 Å². The molecular weight excluding hydrogens is 172 g/mol. The van der Waals surface area contributed by atoms with Gasteiger partial charge in [0, 0.05) is 37.8 Å². The maximum Gasteiger partial charge on any atom is 0.0416 e. The predicted molar refractivity (Wildman–Crippen MR) is 58.9 cm³/mol. The Morgan fingerprint density at radius 3 is 3.00 bits per heavy atom. The first-order valence-corrected chi connectivity index (χ1v) is 4.93. The van der Waals surface area contributed by atoms with Gasteiger partial charge in [0.05, 0.1) is 0 Å². The average molecular weight is 188 g/mol. The van der Waals surface area contributed by atoms with Crippen LogP contribution in [-0.4, -0.2) is 18.1 Å². The molecule has 0 saturated heterocycles. The van der Waals surface area contributed by atoms with Gasteiger partial charge in [0.25, 0.3) is 0 Å². The Labute approximate surface area is 85.8 Å². The highest BCUT2D eigenvalue weighted by molar-refractivity contribution is 5.03. The SMILES string of the molecule is CC#CCCNCCc1ccccn1. The Balaban J connectivity index is 2.06. The molecule has 1 aromatic rings. The van der Waals surface area contributed by atoms with Crippen LogP contribution in [0.2, 0.25) is 0 Å². The summed E-state index contributed by atoms with van der Waals surface area (Å²) in [5.74, 6) is 5.89. The van der Waals surface area contributed by atoms with Gasteiger partial charge in [-0.05, 0) is 19.1 Å². The average Bonchev–Trinajstić information content (AvgIpc) is 2.25. The van der Waals surface area contributed by atoms with Crippen LogP contribution >= 0.6 is 0 Å². The van der Waals surface area contributed by atoms with Crippen LogP contribution in [0.3, 0.4) is 0 Å². The van der Waals surface area contributed by atoms with Crippen molar-refractivity contribution in [3.05, 3.63) is 30.1 Å². The van der Waals surface area contributed by atoms with Gasteiger partial charge in [-0.25, -0.2) is 0 Å². The van der Waals surface area contributed by atoms with E-state index in [1.165, 1.54) is 0 Å². The van der Waals surface area contributed by atoms with Crippen molar-refractivity contribution >= 4 is 0 Å². The molecule has 0 aliphatic heterocycles. The Morgan fingerprint density at radius 1 is 1.36 bits per heavy atom. The minimum Gasteiger partial charge on any atom is -0.315 e. The van der Waals surface area contributed by atoms with Gasteiger partial charge < -0.3 is 5.32 Å². The van der Waals surface area contributed by atoms with E-state index in [1.807, 2.05) is 31.3 Å². The van der Waals surface area contributed by atoms with Gasteiger partial charge in [-0.2, -0.15) is 0 Å². The largest absolute Gasteiger partial charge is 0.315 e. The molecule has 1 heterocycles. The molecule has 1 N–H and O–H groups in total. The maximum atomic E-state index is 4.24. The van der Waals surface area contributed by atoms with Crippen LogP contribution in [0.4, 0.5) is 0 Å². The first-order chi connectivity index (χ1) is 6.93. The molecule has 2 heteroatoms. The molecule has 1 rings (SSSR count). The summed E-state index contributed by atoms with van der Waals surface area (Å²) in [4.78, 5) is 4.24. The molecule has 0 bridgehead atoms. The molecular formula is C12H16N2. The summed E-state index contributed by atoms with van der Waals surface area (Å²) in [6, 6.07) is 6.01. The number of nitrogens with one attached hydrogen (secondary N) is 1. The molecule has 0 radical (unpaired) electrons. The second-order valence-electron chi connectivity index (χ2n) is 3.00. The molecule has 1 aromatic heterocycles. The van der Waals surface area contributed by atoms with E-state index >= 15 is 0 Å². The third-order valence-electron chi connectivity index (χ3n) is 1.89. The van der Waals surface area contributed by atoms with Crippen molar-refractivity contribution in [1.82, 2.24) is 10.3 Å². The fraction of sp³-hybridized carbons (Fsp3) is 0.417. The lowest BCUT2D eigenvalue weighted by Gasteiger charge is -2.01. The van der Waals surface area contributed by atoms with Gasteiger partial charge >= 0.3 is 0 Å². The van der Waals surface area contributed by atoms with E-state index in [1.54, 1.807) is 0 Å². The monoisotopic (exact) mass is 188 g/mol. The van der Waals surface area contributed by atoms with Crippen molar-refractivity contribution in [1.29, 1.82) is 0 Å². The summed E-state index contributed by atoms with van der Waals surface area (Å²) >= 11 is 0. The summed E-state index contributed by atoms with van der Waals surface area (Å²) in [6.45, 7) is 3.81. The first kappa shape index (κ1) is 10.7. The maximum absolute atomic E-state index is 4.24. The number of hydrogen-bond acceptors (Lipinski definition) is 2. The van der Waals surface area contributed by atoms with Crippen LogP contribution in [-0.2, 0) is 6.42 Å². The molecule has 0 aliphatic carbocycles. The molecule has 0 amide bonds. The number of hydrogen-bond donors (Lipinski definition) is 1. The molecule has 2 nitrogen and oxygen atoms in total. The fourth-order valence-electron chi connectivity index (χ4n) is 1.16. The topological polar surface area (TPSA) is 24.9 Å². The van der Waals surface area contributed by atoms with E-state index in [9.17, 15) is 0 Å². The van der Waals surface area contributed by atoms with Gasteiger partial charge in [0.1, 0.15) is 0 Å². The smallest absolute Gasteiger partial charge is 0.0416 e. The minimum absolute atomic E-state index is 0.929. The number of aromatic nitrogens is 1. The molecule has 0 spiro atoms. The predicted octanol–water partition coefficient (Wildman–Crippen LogP) is 1.63. The molecule has 74 valence electrons. The first-order valence-electron chi connectivity index (χ1n) is 4.93. The summed E-state index contributed by atoms with van der Waals surface area (Å²) in [5, 5.41) is 3.33.